The quantitative estimate of drug-likeness (QED) is 0.922. The Hall–Kier alpha value is -1.49. The molecule has 0 spiro atoms. The van der Waals surface area contributed by atoms with Gasteiger partial charge in [-0.05, 0) is 34.1 Å². The van der Waals surface area contributed by atoms with Gasteiger partial charge in [0, 0.05) is 16.9 Å². The minimum Gasteiger partial charge on any atom is -0.496 e. The summed E-state index contributed by atoms with van der Waals surface area (Å²) < 4.78 is 7.68. The Balaban J connectivity index is 2.89. The van der Waals surface area contributed by atoms with Crippen LogP contribution in [0.4, 0.5) is 0 Å². The lowest BCUT2D eigenvalue weighted by Gasteiger charge is -2.04. The number of rotatable bonds is 2. The molecule has 16 heavy (non-hydrogen) atoms. The van der Waals surface area contributed by atoms with E-state index in [4.69, 9.17) is 9.84 Å². The van der Waals surface area contributed by atoms with Crippen molar-refractivity contribution in [3.05, 3.63) is 28.4 Å². The number of methoxy groups -OCH3 is 1. The van der Waals surface area contributed by atoms with E-state index in [-0.39, 0.29) is 5.69 Å². The molecule has 0 aliphatic heterocycles. The number of ether oxygens (including phenoxy) is 1. The predicted octanol–water partition coefficient (Wildman–Crippen LogP) is 2.65. The standard InChI is InChI=1S/C11H10BrNO3/c1-13-8(11(14)15)5-6-9(16-2)4-3-7(12)10(6)13/h3-5H,1-2H3,(H,14,15). The lowest BCUT2D eigenvalue weighted by Crippen LogP contribution is -2.03. The number of aromatic nitrogens is 1. The van der Waals surface area contributed by atoms with E-state index in [1.807, 2.05) is 6.07 Å². The number of carbonyl (C=O) groups is 1. The molecule has 1 aromatic heterocycles. The fraction of sp³-hybridized carbons (Fsp3) is 0.182. The van der Waals surface area contributed by atoms with Crippen molar-refractivity contribution in [1.82, 2.24) is 4.57 Å². The summed E-state index contributed by atoms with van der Waals surface area (Å²) in [6.45, 7) is 0. The molecular weight excluding hydrogens is 274 g/mol. The highest BCUT2D eigenvalue weighted by atomic mass is 79.9. The van der Waals surface area contributed by atoms with Crippen molar-refractivity contribution in [3.8, 4) is 5.75 Å². The highest BCUT2D eigenvalue weighted by Crippen LogP contribution is 2.33. The summed E-state index contributed by atoms with van der Waals surface area (Å²) in [6.07, 6.45) is 0. The Labute approximate surface area is 101 Å². The summed E-state index contributed by atoms with van der Waals surface area (Å²) in [6, 6.07) is 5.26. The Morgan fingerprint density at radius 1 is 1.50 bits per heavy atom. The van der Waals surface area contributed by atoms with Crippen LogP contribution in [-0.4, -0.2) is 22.8 Å². The number of hydrogen-bond acceptors (Lipinski definition) is 2. The number of aryl methyl sites for hydroxylation is 1. The molecule has 0 amide bonds. The second-order valence-electron chi connectivity index (χ2n) is 3.41. The van der Waals surface area contributed by atoms with Crippen molar-refractivity contribution >= 4 is 32.8 Å². The molecule has 84 valence electrons. The van der Waals surface area contributed by atoms with Crippen LogP contribution in [0.1, 0.15) is 10.5 Å². The van der Waals surface area contributed by atoms with Gasteiger partial charge in [0.25, 0.3) is 0 Å². The first-order valence-corrected chi connectivity index (χ1v) is 5.40. The smallest absolute Gasteiger partial charge is 0.352 e. The molecule has 4 nitrogen and oxygen atoms in total. The van der Waals surface area contributed by atoms with Gasteiger partial charge in [-0.25, -0.2) is 4.79 Å². The second-order valence-corrected chi connectivity index (χ2v) is 4.26. The van der Waals surface area contributed by atoms with Crippen LogP contribution < -0.4 is 4.74 Å². The lowest BCUT2D eigenvalue weighted by molar-refractivity contribution is 0.0687. The molecule has 0 saturated heterocycles. The van der Waals surface area contributed by atoms with Crippen molar-refractivity contribution in [2.75, 3.05) is 7.11 Å². The number of carboxylic acid groups (broad SMARTS) is 1. The van der Waals surface area contributed by atoms with Crippen LogP contribution in [0, 0.1) is 0 Å². The van der Waals surface area contributed by atoms with Crippen LogP contribution in [0.15, 0.2) is 22.7 Å². The van der Waals surface area contributed by atoms with E-state index in [0.29, 0.717) is 5.75 Å². The first-order valence-electron chi connectivity index (χ1n) is 4.61. The van der Waals surface area contributed by atoms with Gasteiger partial charge in [0.05, 0.1) is 12.6 Å². The van der Waals surface area contributed by atoms with Crippen LogP contribution in [0.25, 0.3) is 10.9 Å². The van der Waals surface area contributed by atoms with E-state index >= 15 is 0 Å². The molecule has 0 radical (unpaired) electrons. The zero-order valence-corrected chi connectivity index (χ0v) is 10.4. The molecule has 1 heterocycles. The van der Waals surface area contributed by atoms with Crippen LogP contribution in [0.2, 0.25) is 0 Å². The topological polar surface area (TPSA) is 51.5 Å². The molecule has 5 heteroatoms. The largest absolute Gasteiger partial charge is 0.496 e. The zero-order chi connectivity index (χ0) is 11.9. The Morgan fingerprint density at radius 3 is 2.75 bits per heavy atom. The SMILES string of the molecule is COc1ccc(Br)c2c1cc(C(=O)O)n2C. The fourth-order valence-electron chi connectivity index (χ4n) is 1.78. The van der Waals surface area contributed by atoms with Crippen LogP contribution in [-0.2, 0) is 7.05 Å². The number of benzene rings is 1. The summed E-state index contributed by atoms with van der Waals surface area (Å²) in [5, 5.41) is 9.83. The Morgan fingerprint density at radius 2 is 2.19 bits per heavy atom. The first-order chi connectivity index (χ1) is 7.56. The molecule has 0 atom stereocenters. The van der Waals surface area contributed by atoms with Crippen molar-refractivity contribution in [2.45, 2.75) is 0 Å². The average Bonchev–Trinajstić information content (AvgIpc) is 2.58. The minimum atomic E-state index is -0.951. The molecule has 1 aromatic carbocycles. The zero-order valence-electron chi connectivity index (χ0n) is 8.82. The van der Waals surface area contributed by atoms with Crippen LogP contribution in [0.3, 0.4) is 0 Å². The van der Waals surface area contributed by atoms with E-state index in [1.165, 1.54) is 0 Å². The number of nitrogens with zero attached hydrogens (tertiary/aromatic N) is 1. The van der Waals surface area contributed by atoms with Crippen molar-refractivity contribution in [3.63, 3.8) is 0 Å². The molecule has 0 saturated carbocycles. The molecule has 0 aliphatic rings. The Bertz CT molecular complexity index is 574. The van der Waals surface area contributed by atoms with Gasteiger partial charge in [0.1, 0.15) is 11.4 Å². The van der Waals surface area contributed by atoms with Gasteiger partial charge in [0.15, 0.2) is 0 Å². The normalized spacial score (nSPS) is 10.7. The lowest BCUT2D eigenvalue weighted by atomic mass is 10.2. The first kappa shape index (κ1) is 11.0. The number of carboxylic acids is 1. The summed E-state index contributed by atoms with van der Waals surface area (Å²) in [5.41, 5.74) is 1.05. The third kappa shape index (κ3) is 1.48. The summed E-state index contributed by atoms with van der Waals surface area (Å²) in [7, 11) is 3.28. The third-order valence-electron chi connectivity index (χ3n) is 2.54. The molecule has 2 rings (SSSR count). The molecule has 0 fully saturated rings. The number of hydrogen-bond donors (Lipinski definition) is 1. The number of halogens is 1. The molecule has 0 unspecified atom stereocenters. The summed E-state index contributed by atoms with van der Waals surface area (Å²) >= 11 is 3.40. The maximum absolute atomic E-state index is 11.0. The van der Waals surface area contributed by atoms with Gasteiger partial charge in [-0.1, -0.05) is 0 Å². The van der Waals surface area contributed by atoms with E-state index in [1.54, 1.807) is 30.9 Å². The highest BCUT2D eigenvalue weighted by Gasteiger charge is 2.16. The number of aromatic carboxylic acids is 1. The minimum absolute atomic E-state index is 0.236. The molecular formula is C11H10BrNO3. The van der Waals surface area contributed by atoms with Crippen molar-refractivity contribution < 1.29 is 14.6 Å². The predicted molar refractivity (Wildman–Crippen MR) is 64.1 cm³/mol. The Kier molecular flexibility index (Phi) is 2.63. The monoisotopic (exact) mass is 283 g/mol. The maximum atomic E-state index is 11.0. The van der Waals surface area contributed by atoms with Gasteiger partial charge < -0.3 is 14.4 Å². The summed E-state index contributed by atoms with van der Waals surface area (Å²) in [5.74, 6) is -0.283. The van der Waals surface area contributed by atoms with E-state index < -0.39 is 5.97 Å². The van der Waals surface area contributed by atoms with Crippen molar-refractivity contribution in [1.29, 1.82) is 0 Å². The molecule has 2 aromatic rings. The van der Waals surface area contributed by atoms with Gasteiger partial charge in [-0.15, -0.1) is 0 Å². The molecule has 0 aliphatic carbocycles. The molecule has 1 N–H and O–H groups in total. The fourth-order valence-corrected chi connectivity index (χ4v) is 2.39. The van der Waals surface area contributed by atoms with Crippen LogP contribution in [0.5, 0.6) is 5.75 Å². The maximum Gasteiger partial charge on any atom is 0.352 e. The highest BCUT2D eigenvalue weighted by molar-refractivity contribution is 9.10. The van der Waals surface area contributed by atoms with Gasteiger partial charge in [-0.2, -0.15) is 0 Å². The number of fused-ring (bicyclic) bond motifs is 1. The third-order valence-corrected chi connectivity index (χ3v) is 3.18. The second kappa shape index (κ2) is 3.83. The van der Waals surface area contributed by atoms with E-state index in [9.17, 15) is 4.79 Å². The van der Waals surface area contributed by atoms with E-state index in [2.05, 4.69) is 15.9 Å². The van der Waals surface area contributed by atoms with Crippen LogP contribution >= 0.6 is 15.9 Å². The van der Waals surface area contributed by atoms with Gasteiger partial charge >= 0.3 is 5.97 Å². The van der Waals surface area contributed by atoms with Crippen molar-refractivity contribution in [2.24, 2.45) is 7.05 Å². The average molecular weight is 284 g/mol. The van der Waals surface area contributed by atoms with E-state index in [0.717, 1.165) is 15.4 Å². The molecule has 0 bridgehead atoms. The van der Waals surface area contributed by atoms with Gasteiger partial charge in [0.2, 0.25) is 0 Å². The van der Waals surface area contributed by atoms with Gasteiger partial charge in [-0.3, -0.25) is 0 Å². The summed E-state index contributed by atoms with van der Waals surface area (Å²) in [4.78, 5) is 11.0.